The third-order valence-corrected chi connectivity index (χ3v) is 2.96. The number of nitrogens with two attached hydrogens (primary N) is 1. The standard InChI is InChI=1S/C11H9BrF3N5/c12-6-3-1-2-4-7(6)17-8-5-9(20-16)19-10(18-8)11(13,14)15/h1-5H,16H2,(H2,17,18,19,20). The minimum absolute atomic E-state index is 0.0211. The van der Waals surface area contributed by atoms with Crippen molar-refractivity contribution in [1.82, 2.24) is 9.97 Å². The largest absolute Gasteiger partial charge is 0.451 e. The SMILES string of the molecule is NNc1cc(Nc2ccccc2Br)nc(C(F)(F)F)n1. The number of nitrogen functional groups attached to an aromatic ring is 1. The third kappa shape index (κ3) is 3.36. The van der Waals surface area contributed by atoms with Crippen molar-refractivity contribution in [2.24, 2.45) is 5.84 Å². The van der Waals surface area contributed by atoms with Crippen LogP contribution in [0.1, 0.15) is 5.82 Å². The second-order valence-corrected chi connectivity index (χ2v) is 4.56. The van der Waals surface area contributed by atoms with Crippen LogP contribution in [-0.2, 0) is 6.18 Å². The lowest BCUT2D eigenvalue weighted by Crippen LogP contribution is -2.16. The van der Waals surface area contributed by atoms with E-state index in [1.807, 2.05) is 0 Å². The molecule has 20 heavy (non-hydrogen) atoms. The number of hydrogen-bond donors (Lipinski definition) is 3. The van der Waals surface area contributed by atoms with E-state index in [2.05, 4.69) is 36.6 Å². The van der Waals surface area contributed by atoms with E-state index in [4.69, 9.17) is 5.84 Å². The van der Waals surface area contributed by atoms with Gasteiger partial charge in [-0.15, -0.1) is 0 Å². The Morgan fingerprint density at radius 1 is 1.10 bits per heavy atom. The molecule has 0 bridgehead atoms. The van der Waals surface area contributed by atoms with Crippen LogP contribution in [0.4, 0.5) is 30.5 Å². The maximum atomic E-state index is 12.7. The maximum Gasteiger partial charge on any atom is 0.451 e. The van der Waals surface area contributed by atoms with E-state index in [9.17, 15) is 13.2 Å². The fourth-order valence-corrected chi connectivity index (χ4v) is 1.80. The predicted octanol–water partition coefficient (Wildman–Crippen LogP) is 3.29. The van der Waals surface area contributed by atoms with Gasteiger partial charge < -0.3 is 10.7 Å². The Bertz CT molecular complexity index is 617. The molecule has 4 N–H and O–H groups in total. The van der Waals surface area contributed by atoms with Crippen LogP contribution in [0, 0.1) is 0 Å². The molecule has 9 heteroatoms. The van der Waals surface area contributed by atoms with Crippen LogP contribution in [0.15, 0.2) is 34.8 Å². The molecule has 1 heterocycles. The van der Waals surface area contributed by atoms with Crippen molar-refractivity contribution in [2.75, 3.05) is 10.7 Å². The Morgan fingerprint density at radius 3 is 2.35 bits per heavy atom. The Morgan fingerprint density at radius 2 is 1.75 bits per heavy atom. The zero-order chi connectivity index (χ0) is 14.8. The molecule has 0 fully saturated rings. The topological polar surface area (TPSA) is 75.9 Å². The summed E-state index contributed by atoms with van der Waals surface area (Å²) >= 11 is 3.28. The van der Waals surface area contributed by atoms with Crippen molar-refractivity contribution in [3.63, 3.8) is 0 Å². The molecule has 5 nitrogen and oxygen atoms in total. The van der Waals surface area contributed by atoms with Gasteiger partial charge in [0.05, 0.1) is 5.69 Å². The summed E-state index contributed by atoms with van der Waals surface area (Å²) in [6, 6.07) is 8.23. The van der Waals surface area contributed by atoms with Crippen molar-refractivity contribution in [2.45, 2.75) is 6.18 Å². The molecule has 0 radical (unpaired) electrons. The first-order valence-electron chi connectivity index (χ1n) is 5.34. The first-order chi connectivity index (χ1) is 9.40. The Labute approximate surface area is 120 Å². The number of rotatable bonds is 3. The molecule has 0 aliphatic rings. The van der Waals surface area contributed by atoms with Crippen molar-refractivity contribution in [3.05, 3.63) is 40.6 Å². The van der Waals surface area contributed by atoms with Crippen molar-refractivity contribution >= 4 is 33.3 Å². The summed E-state index contributed by atoms with van der Waals surface area (Å²) in [7, 11) is 0. The molecule has 0 saturated carbocycles. The van der Waals surface area contributed by atoms with Gasteiger partial charge >= 0.3 is 6.18 Å². The highest BCUT2D eigenvalue weighted by Gasteiger charge is 2.35. The van der Waals surface area contributed by atoms with Crippen LogP contribution in [-0.4, -0.2) is 9.97 Å². The van der Waals surface area contributed by atoms with E-state index in [1.54, 1.807) is 24.3 Å². The van der Waals surface area contributed by atoms with E-state index in [0.717, 1.165) is 0 Å². The lowest BCUT2D eigenvalue weighted by Gasteiger charge is -2.12. The maximum absolute atomic E-state index is 12.7. The van der Waals surface area contributed by atoms with E-state index in [0.29, 0.717) is 10.2 Å². The summed E-state index contributed by atoms with van der Waals surface area (Å²) < 4.78 is 38.7. The smallest absolute Gasteiger partial charge is 0.339 e. The minimum Gasteiger partial charge on any atom is -0.339 e. The fraction of sp³-hybridized carbons (Fsp3) is 0.0909. The minimum atomic E-state index is -4.66. The quantitative estimate of drug-likeness (QED) is 0.586. The first kappa shape index (κ1) is 14.5. The summed E-state index contributed by atoms with van der Waals surface area (Å²) in [5.41, 5.74) is 2.65. The molecule has 2 aromatic rings. The van der Waals surface area contributed by atoms with Crippen molar-refractivity contribution in [3.8, 4) is 0 Å². The highest BCUT2D eigenvalue weighted by Crippen LogP contribution is 2.30. The highest BCUT2D eigenvalue weighted by molar-refractivity contribution is 9.10. The average Bonchev–Trinajstić information content (AvgIpc) is 2.40. The van der Waals surface area contributed by atoms with Gasteiger partial charge in [-0.1, -0.05) is 12.1 Å². The number of alkyl halides is 3. The number of nitrogens with one attached hydrogen (secondary N) is 2. The molecular weight excluding hydrogens is 339 g/mol. The number of aromatic nitrogens is 2. The van der Waals surface area contributed by atoms with Crippen molar-refractivity contribution < 1.29 is 13.2 Å². The van der Waals surface area contributed by atoms with Crippen LogP contribution < -0.4 is 16.6 Å². The summed E-state index contributed by atoms with van der Waals surface area (Å²) in [5.74, 6) is 3.68. The lowest BCUT2D eigenvalue weighted by atomic mass is 10.3. The van der Waals surface area contributed by atoms with Crippen LogP contribution in [0.3, 0.4) is 0 Å². The zero-order valence-corrected chi connectivity index (χ0v) is 11.5. The first-order valence-corrected chi connectivity index (χ1v) is 6.14. The average molecular weight is 348 g/mol. The molecule has 0 aliphatic heterocycles. The van der Waals surface area contributed by atoms with E-state index < -0.39 is 12.0 Å². The van der Waals surface area contributed by atoms with Gasteiger partial charge in [0.15, 0.2) is 0 Å². The Balaban J connectivity index is 2.39. The Kier molecular flexibility index (Phi) is 4.09. The third-order valence-electron chi connectivity index (χ3n) is 2.26. The molecule has 0 saturated heterocycles. The van der Waals surface area contributed by atoms with Gasteiger partial charge in [-0.2, -0.15) is 13.2 Å². The van der Waals surface area contributed by atoms with Gasteiger partial charge in [-0.3, -0.25) is 0 Å². The number of anilines is 3. The van der Waals surface area contributed by atoms with Crippen LogP contribution in [0.2, 0.25) is 0 Å². The fourth-order valence-electron chi connectivity index (χ4n) is 1.41. The van der Waals surface area contributed by atoms with Gasteiger partial charge in [-0.25, -0.2) is 15.8 Å². The van der Waals surface area contributed by atoms with E-state index in [-0.39, 0.29) is 11.6 Å². The lowest BCUT2D eigenvalue weighted by molar-refractivity contribution is -0.144. The van der Waals surface area contributed by atoms with Crippen molar-refractivity contribution in [1.29, 1.82) is 0 Å². The molecule has 2 rings (SSSR count). The second kappa shape index (κ2) is 5.63. The summed E-state index contributed by atoms with van der Waals surface area (Å²) in [6.45, 7) is 0. The van der Waals surface area contributed by atoms with E-state index >= 15 is 0 Å². The summed E-state index contributed by atoms with van der Waals surface area (Å²) in [6.07, 6.45) is -4.66. The van der Waals surface area contributed by atoms with Crippen LogP contribution >= 0.6 is 15.9 Å². The second-order valence-electron chi connectivity index (χ2n) is 3.71. The number of nitrogens with zero attached hydrogens (tertiary/aromatic N) is 2. The molecule has 0 amide bonds. The predicted molar refractivity (Wildman–Crippen MR) is 72.3 cm³/mol. The van der Waals surface area contributed by atoms with Gasteiger partial charge in [0.25, 0.3) is 0 Å². The molecular formula is C11H9BrF3N5. The number of halogens is 4. The molecule has 0 atom stereocenters. The molecule has 106 valence electrons. The number of hydrazine groups is 1. The number of hydrogen-bond acceptors (Lipinski definition) is 5. The summed E-state index contributed by atoms with van der Waals surface area (Å²) in [4.78, 5) is 6.69. The molecule has 1 aromatic heterocycles. The van der Waals surface area contributed by atoms with Gasteiger partial charge in [0.1, 0.15) is 11.6 Å². The molecule has 0 unspecified atom stereocenters. The molecule has 0 spiro atoms. The van der Waals surface area contributed by atoms with Crippen LogP contribution in [0.25, 0.3) is 0 Å². The van der Waals surface area contributed by atoms with Gasteiger partial charge in [-0.05, 0) is 28.1 Å². The highest BCUT2D eigenvalue weighted by atomic mass is 79.9. The Hall–Kier alpha value is -1.87. The zero-order valence-electron chi connectivity index (χ0n) is 9.87. The van der Waals surface area contributed by atoms with E-state index in [1.165, 1.54) is 6.07 Å². The van der Waals surface area contributed by atoms with Crippen LogP contribution in [0.5, 0.6) is 0 Å². The number of para-hydroxylation sites is 1. The normalized spacial score (nSPS) is 11.2. The monoisotopic (exact) mass is 347 g/mol. The summed E-state index contributed by atoms with van der Waals surface area (Å²) in [5, 5.41) is 2.77. The number of benzene rings is 1. The molecule has 0 aliphatic carbocycles. The van der Waals surface area contributed by atoms with Gasteiger partial charge in [0, 0.05) is 10.5 Å². The molecule has 1 aromatic carbocycles. The van der Waals surface area contributed by atoms with Gasteiger partial charge in [0.2, 0.25) is 5.82 Å².